The number of hydrogen-bond donors (Lipinski definition) is 0. The minimum absolute atomic E-state index is 0.435. The highest BCUT2D eigenvalue weighted by molar-refractivity contribution is 5.03. The lowest BCUT2D eigenvalue weighted by molar-refractivity contribution is 0.131. The maximum Gasteiger partial charge on any atom is 0.0786 e. The van der Waals surface area contributed by atoms with Gasteiger partial charge in [0, 0.05) is 7.11 Å². The number of methoxy groups -OCH3 is 1. The largest absolute Gasteiger partial charge is 0.377 e. The zero-order chi connectivity index (χ0) is 4.41. The van der Waals surface area contributed by atoms with Crippen LogP contribution in [0.1, 0.15) is 6.42 Å². The molecule has 1 aliphatic carbocycles. The fourth-order valence-electron chi connectivity index (χ4n) is 0.422. The predicted octanol–water partition coefficient (Wildman–Crippen LogP) is 0.961. The molecule has 0 radical (unpaired) electrons. The number of hydrogen-bond acceptors (Lipinski definition) is 1. The molecule has 0 N–H and O–H groups in total. The second-order valence-electron chi connectivity index (χ2n) is 1.44. The molecule has 0 aliphatic heterocycles. The van der Waals surface area contributed by atoms with Crippen molar-refractivity contribution in [2.45, 2.75) is 12.5 Å². The number of ether oxygens (including phenoxy) is 1. The molecule has 0 saturated heterocycles. The summed E-state index contributed by atoms with van der Waals surface area (Å²) in [7, 11) is 1.73. The van der Waals surface area contributed by atoms with Gasteiger partial charge in [-0.05, 0) is 6.42 Å². The first-order valence-corrected chi connectivity index (χ1v) is 2.13. The van der Waals surface area contributed by atoms with Crippen molar-refractivity contribution < 1.29 is 4.74 Å². The lowest BCUT2D eigenvalue weighted by Crippen LogP contribution is -2.11. The monoisotopic (exact) mass is 84.1 g/mol. The SMILES string of the molecule is COC1C=CC1. The zero-order valence-corrected chi connectivity index (χ0v) is 3.85. The van der Waals surface area contributed by atoms with Gasteiger partial charge in [-0.2, -0.15) is 0 Å². The van der Waals surface area contributed by atoms with Crippen LogP contribution < -0.4 is 0 Å². The summed E-state index contributed by atoms with van der Waals surface area (Å²) in [5, 5.41) is 0. The molecule has 1 unspecified atom stereocenters. The van der Waals surface area contributed by atoms with Gasteiger partial charge in [-0.25, -0.2) is 0 Å². The summed E-state index contributed by atoms with van der Waals surface area (Å²) < 4.78 is 4.90. The number of rotatable bonds is 1. The van der Waals surface area contributed by atoms with E-state index in [0.29, 0.717) is 6.10 Å². The standard InChI is InChI=1S/C5H8O/c1-6-5-3-2-4-5/h2-3,5H,4H2,1H3. The Morgan fingerprint density at radius 3 is 2.50 bits per heavy atom. The first-order chi connectivity index (χ1) is 2.93. The maximum atomic E-state index is 4.90. The van der Waals surface area contributed by atoms with E-state index in [2.05, 4.69) is 12.2 Å². The molecule has 6 heavy (non-hydrogen) atoms. The van der Waals surface area contributed by atoms with Crippen LogP contribution in [-0.2, 0) is 4.74 Å². The Morgan fingerprint density at radius 2 is 2.50 bits per heavy atom. The van der Waals surface area contributed by atoms with E-state index in [9.17, 15) is 0 Å². The Labute approximate surface area is 37.6 Å². The summed E-state index contributed by atoms with van der Waals surface area (Å²) >= 11 is 0. The first-order valence-electron chi connectivity index (χ1n) is 2.13. The molecule has 0 heterocycles. The van der Waals surface area contributed by atoms with Gasteiger partial charge in [0.25, 0.3) is 0 Å². The molecule has 0 spiro atoms. The van der Waals surface area contributed by atoms with Crippen LogP contribution in [0.4, 0.5) is 0 Å². The Bertz CT molecular complexity index is 66.3. The molecule has 1 rings (SSSR count). The minimum Gasteiger partial charge on any atom is -0.377 e. The van der Waals surface area contributed by atoms with Gasteiger partial charge >= 0.3 is 0 Å². The average Bonchev–Trinajstić information content (AvgIpc) is 1.31. The van der Waals surface area contributed by atoms with Crippen molar-refractivity contribution in [1.29, 1.82) is 0 Å². The van der Waals surface area contributed by atoms with Crippen molar-refractivity contribution in [2.24, 2.45) is 0 Å². The van der Waals surface area contributed by atoms with E-state index in [-0.39, 0.29) is 0 Å². The third-order valence-corrected chi connectivity index (χ3v) is 1.02. The quantitative estimate of drug-likeness (QED) is 0.430. The van der Waals surface area contributed by atoms with Crippen molar-refractivity contribution >= 4 is 0 Å². The summed E-state index contributed by atoms with van der Waals surface area (Å²) in [6.45, 7) is 0. The van der Waals surface area contributed by atoms with Crippen molar-refractivity contribution in [2.75, 3.05) is 7.11 Å². The topological polar surface area (TPSA) is 9.23 Å². The molecule has 0 saturated carbocycles. The van der Waals surface area contributed by atoms with Crippen molar-refractivity contribution in [3.8, 4) is 0 Å². The lowest BCUT2D eigenvalue weighted by atomic mass is 10.1. The minimum atomic E-state index is 0.435. The summed E-state index contributed by atoms with van der Waals surface area (Å²) in [6.07, 6.45) is 5.70. The van der Waals surface area contributed by atoms with Crippen molar-refractivity contribution in [3.05, 3.63) is 12.2 Å². The highest BCUT2D eigenvalue weighted by atomic mass is 16.5. The summed E-state index contributed by atoms with van der Waals surface area (Å²) in [6, 6.07) is 0. The Hall–Kier alpha value is -0.300. The predicted molar refractivity (Wildman–Crippen MR) is 24.6 cm³/mol. The van der Waals surface area contributed by atoms with Crippen molar-refractivity contribution in [1.82, 2.24) is 0 Å². The second-order valence-corrected chi connectivity index (χ2v) is 1.44. The third-order valence-electron chi connectivity index (χ3n) is 1.02. The smallest absolute Gasteiger partial charge is 0.0786 e. The molecule has 1 heteroatoms. The van der Waals surface area contributed by atoms with E-state index in [1.165, 1.54) is 0 Å². The van der Waals surface area contributed by atoms with Crippen LogP contribution in [0.2, 0.25) is 0 Å². The molecule has 0 aromatic carbocycles. The fourth-order valence-corrected chi connectivity index (χ4v) is 0.422. The van der Waals surface area contributed by atoms with E-state index in [1.807, 2.05) is 0 Å². The summed E-state index contributed by atoms with van der Waals surface area (Å²) in [5.41, 5.74) is 0. The van der Waals surface area contributed by atoms with E-state index in [0.717, 1.165) is 6.42 Å². The van der Waals surface area contributed by atoms with Crippen LogP contribution in [-0.4, -0.2) is 13.2 Å². The van der Waals surface area contributed by atoms with E-state index in [4.69, 9.17) is 4.74 Å². The highest BCUT2D eigenvalue weighted by Gasteiger charge is 2.05. The van der Waals surface area contributed by atoms with Crippen LogP contribution >= 0.6 is 0 Å². The van der Waals surface area contributed by atoms with Crippen LogP contribution in [0.5, 0.6) is 0 Å². The molecular formula is C5H8O. The van der Waals surface area contributed by atoms with Gasteiger partial charge in [0.15, 0.2) is 0 Å². The van der Waals surface area contributed by atoms with E-state index < -0.39 is 0 Å². The van der Waals surface area contributed by atoms with Gasteiger partial charge in [-0.15, -0.1) is 0 Å². The molecule has 0 amide bonds. The van der Waals surface area contributed by atoms with Gasteiger partial charge in [0.1, 0.15) is 0 Å². The lowest BCUT2D eigenvalue weighted by Gasteiger charge is -2.13. The van der Waals surface area contributed by atoms with Crippen LogP contribution in [0.3, 0.4) is 0 Å². The molecule has 1 nitrogen and oxygen atoms in total. The Kier molecular flexibility index (Phi) is 0.926. The van der Waals surface area contributed by atoms with Crippen LogP contribution in [0.25, 0.3) is 0 Å². The Morgan fingerprint density at radius 1 is 1.83 bits per heavy atom. The van der Waals surface area contributed by atoms with Crippen molar-refractivity contribution in [3.63, 3.8) is 0 Å². The molecular weight excluding hydrogens is 76.1 g/mol. The molecule has 1 atom stereocenters. The fraction of sp³-hybridized carbons (Fsp3) is 0.600. The highest BCUT2D eigenvalue weighted by Crippen LogP contribution is 2.09. The van der Waals surface area contributed by atoms with Crippen LogP contribution in [0, 0.1) is 0 Å². The molecule has 1 aliphatic rings. The molecule has 0 fully saturated rings. The van der Waals surface area contributed by atoms with E-state index >= 15 is 0 Å². The zero-order valence-electron chi connectivity index (χ0n) is 3.85. The molecule has 0 bridgehead atoms. The second kappa shape index (κ2) is 1.43. The molecule has 34 valence electrons. The van der Waals surface area contributed by atoms with Gasteiger partial charge in [-0.3, -0.25) is 0 Å². The summed E-state index contributed by atoms with van der Waals surface area (Å²) in [5.74, 6) is 0. The summed E-state index contributed by atoms with van der Waals surface area (Å²) in [4.78, 5) is 0. The molecule has 0 aromatic rings. The van der Waals surface area contributed by atoms with Gasteiger partial charge < -0.3 is 4.74 Å². The van der Waals surface area contributed by atoms with Gasteiger partial charge in [0.2, 0.25) is 0 Å². The Balaban J connectivity index is 2.21. The maximum absolute atomic E-state index is 4.90. The van der Waals surface area contributed by atoms with Gasteiger partial charge in [0.05, 0.1) is 6.10 Å². The van der Waals surface area contributed by atoms with Gasteiger partial charge in [-0.1, -0.05) is 12.2 Å². The average molecular weight is 84.1 g/mol. The third kappa shape index (κ3) is 0.455. The normalized spacial score (nSPS) is 29.8. The van der Waals surface area contributed by atoms with Crippen LogP contribution in [0.15, 0.2) is 12.2 Å². The first kappa shape index (κ1) is 3.88. The molecule has 0 aromatic heterocycles. The van der Waals surface area contributed by atoms with E-state index in [1.54, 1.807) is 7.11 Å².